The number of benzene rings is 1. The van der Waals surface area contributed by atoms with Gasteiger partial charge in [-0.05, 0) is 25.3 Å². The molecule has 2 N–H and O–H groups in total. The summed E-state index contributed by atoms with van der Waals surface area (Å²) in [5.41, 5.74) is 0.486. The first kappa shape index (κ1) is 17.7. The Labute approximate surface area is 146 Å². The van der Waals surface area contributed by atoms with Crippen molar-refractivity contribution in [2.24, 2.45) is 0 Å². The molecule has 2 aliphatic rings. The lowest BCUT2D eigenvalue weighted by atomic mass is 9.93. The highest BCUT2D eigenvalue weighted by Gasteiger charge is 2.33. The van der Waals surface area contributed by atoms with Gasteiger partial charge in [-0.25, -0.2) is 4.39 Å². The number of hydrogen-bond acceptors (Lipinski definition) is 4. The summed E-state index contributed by atoms with van der Waals surface area (Å²) in [6, 6.07) is 4.35. The largest absolute Gasteiger partial charge is 0.497 e. The minimum absolute atomic E-state index is 0.0973. The summed E-state index contributed by atoms with van der Waals surface area (Å²) in [5.74, 6) is -0.215. The van der Waals surface area contributed by atoms with Crippen LogP contribution in [0, 0.1) is 5.82 Å². The molecular weight excluding hydrogens is 325 g/mol. The van der Waals surface area contributed by atoms with E-state index in [4.69, 9.17) is 4.74 Å². The van der Waals surface area contributed by atoms with Crippen molar-refractivity contribution in [2.75, 3.05) is 20.2 Å². The maximum absolute atomic E-state index is 14.2. The van der Waals surface area contributed by atoms with Crippen molar-refractivity contribution in [1.82, 2.24) is 15.5 Å². The van der Waals surface area contributed by atoms with Gasteiger partial charge in [0.15, 0.2) is 0 Å². The third-order valence-electron chi connectivity index (χ3n) is 4.92. The first-order valence-electron chi connectivity index (χ1n) is 8.70. The number of hydrogen-bond donors (Lipinski definition) is 2. The van der Waals surface area contributed by atoms with Crippen LogP contribution in [-0.4, -0.2) is 49.0 Å². The molecule has 1 saturated carbocycles. The average molecular weight is 349 g/mol. The molecule has 0 spiro atoms. The second-order valence-electron chi connectivity index (χ2n) is 6.63. The average Bonchev–Trinajstić information content (AvgIpc) is 2.56. The highest BCUT2D eigenvalue weighted by molar-refractivity contribution is 5.88. The molecule has 136 valence electrons. The molecule has 0 radical (unpaired) electrons. The fourth-order valence-corrected chi connectivity index (χ4v) is 3.19. The summed E-state index contributed by atoms with van der Waals surface area (Å²) in [5, 5.41) is 5.75. The van der Waals surface area contributed by atoms with Crippen molar-refractivity contribution < 1.29 is 18.7 Å². The lowest BCUT2D eigenvalue weighted by molar-refractivity contribution is -0.134. The molecule has 1 aliphatic heterocycles. The smallest absolute Gasteiger partial charge is 0.237 e. The van der Waals surface area contributed by atoms with E-state index in [-0.39, 0.29) is 36.6 Å². The second kappa shape index (κ2) is 7.82. The Kier molecular flexibility index (Phi) is 5.53. The number of piperazine rings is 1. The predicted molar refractivity (Wildman–Crippen MR) is 90.6 cm³/mol. The van der Waals surface area contributed by atoms with E-state index in [0.29, 0.717) is 24.4 Å². The van der Waals surface area contributed by atoms with Crippen molar-refractivity contribution in [3.63, 3.8) is 0 Å². The number of ether oxygens (including phenoxy) is 1. The van der Waals surface area contributed by atoms with E-state index in [1.807, 2.05) is 4.90 Å². The molecule has 0 aromatic heterocycles. The standard InChI is InChI=1S/C18H24FN3O3/c1-25-14-6-5-12(15(19)9-14)11-22-8-7-20-18(24)16(22)10-17(23)21-13-3-2-4-13/h5-6,9,13,16H,2-4,7-8,10-11H2,1H3,(H,20,24)(H,21,23). The van der Waals surface area contributed by atoms with Crippen LogP contribution in [0.4, 0.5) is 4.39 Å². The summed E-state index contributed by atoms with van der Waals surface area (Å²) in [4.78, 5) is 26.3. The molecule has 1 unspecified atom stereocenters. The number of halogens is 1. The molecule has 3 rings (SSSR count). The van der Waals surface area contributed by atoms with Crippen LogP contribution >= 0.6 is 0 Å². The van der Waals surface area contributed by atoms with Gasteiger partial charge in [0.25, 0.3) is 0 Å². The molecular formula is C18H24FN3O3. The quantitative estimate of drug-likeness (QED) is 0.809. The lowest BCUT2D eigenvalue weighted by Gasteiger charge is -2.35. The van der Waals surface area contributed by atoms with Gasteiger partial charge < -0.3 is 15.4 Å². The molecule has 0 bridgehead atoms. The molecule has 2 fully saturated rings. The summed E-state index contributed by atoms with van der Waals surface area (Å²) in [6.45, 7) is 1.36. The van der Waals surface area contributed by atoms with Gasteiger partial charge in [0.2, 0.25) is 11.8 Å². The SMILES string of the molecule is COc1ccc(CN2CCNC(=O)C2CC(=O)NC2CCC2)c(F)c1. The first-order valence-corrected chi connectivity index (χ1v) is 8.70. The van der Waals surface area contributed by atoms with Crippen LogP contribution in [0.5, 0.6) is 5.75 Å². The summed E-state index contributed by atoms with van der Waals surface area (Å²) < 4.78 is 19.2. The van der Waals surface area contributed by atoms with Crippen LogP contribution < -0.4 is 15.4 Å². The van der Waals surface area contributed by atoms with Gasteiger partial charge in [-0.3, -0.25) is 14.5 Å². The molecule has 1 saturated heterocycles. The zero-order valence-electron chi connectivity index (χ0n) is 14.4. The Bertz CT molecular complexity index is 648. The third kappa shape index (κ3) is 4.28. The van der Waals surface area contributed by atoms with Gasteiger partial charge in [-0.15, -0.1) is 0 Å². The second-order valence-corrected chi connectivity index (χ2v) is 6.63. The Morgan fingerprint density at radius 1 is 1.44 bits per heavy atom. The van der Waals surface area contributed by atoms with Gasteiger partial charge >= 0.3 is 0 Å². The molecule has 2 amide bonds. The Balaban J connectivity index is 1.66. The topological polar surface area (TPSA) is 70.7 Å². The van der Waals surface area contributed by atoms with Gasteiger partial charge in [0, 0.05) is 37.3 Å². The zero-order valence-corrected chi connectivity index (χ0v) is 14.4. The molecule has 1 heterocycles. The van der Waals surface area contributed by atoms with E-state index in [1.54, 1.807) is 12.1 Å². The minimum atomic E-state index is -0.574. The first-order chi connectivity index (χ1) is 12.1. The monoisotopic (exact) mass is 349 g/mol. The zero-order chi connectivity index (χ0) is 17.8. The van der Waals surface area contributed by atoms with Crippen LogP contribution in [0.3, 0.4) is 0 Å². The number of nitrogens with one attached hydrogen (secondary N) is 2. The normalized spacial score (nSPS) is 21.4. The molecule has 1 aromatic rings. The molecule has 7 heteroatoms. The lowest BCUT2D eigenvalue weighted by Crippen LogP contribution is -2.56. The number of carbonyl (C=O) groups excluding carboxylic acids is 2. The van der Waals surface area contributed by atoms with E-state index in [2.05, 4.69) is 10.6 Å². The van der Waals surface area contributed by atoms with Crippen molar-refractivity contribution in [3.05, 3.63) is 29.6 Å². The molecule has 1 aliphatic carbocycles. The summed E-state index contributed by atoms with van der Waals surface area (Å²) >= 11 is 0. The minimum Gasteiger partial charge on any atom is -0.497 e. The highest BCUT2D eigenvalue weighted by atomic mass is 19.1. The van der Waals surface area contributed by atoms with E-state index >= 15 is 0 Å². The van der Waals surface area contributed by atoms with Crippen LogP contribution in [0.2, 0.25) is 0 Å². The van der Waals surface area contributed by atoms with Crippen LogP contribution in [0.25, 0.3) is 0 Å². The van der Waals surface area contributed by atoms with Gasteiger partial charge in [-0.1, -0.05) is 6.07 Å². The van der Waals surface area contributed by atoms with Crippen molar-refractivity contribution >= 4 is 11.8 Å². The van der Waals surface area contributed by atoms with E-state index < -0.39 is 6.04 Å². The Hall–Kier alpha value is -2.15. The van der Waals surface area contributed by atoms with E-state index in [1.165, 1.54) is 13.2 Å². The van der Waals surface area contributed by atoms with Crippen molar-refractivity contribution in [2.45, 2.75) is 44.3 Å². The molecule has 25 heavy (non-hydrogen) atoms. The molecule has 1 aromatic carbocycles. The summed E-state index contributed by atoms with van der Waals surface area (Å²) in [6.07, 6.45) is 3.24. The third-order valence-corrected chi connectivity index (χ3v) is 4.92. The van der Waals surface area contributed by atoms with Gasteiger partial charge in [-0.2, -0.15) is 0 Å². The van der Waals surface area contributed by atoms with Gasteiger partial charge in [0.05, 0.1) is 19.6 Å². The number of amides is 2. The fourth-order valence-electron chi connectivity index (χ4n) is 3.19. The number of methoxy groups -OCH3 is 1. The predicted octanol–water partition coefficient (Wildman–Crippen LogP) is 1.19. The molecule has 1 atom stereocenters. The fraction of sp³-hybridized carbons (Fsp3) is 0.556. The number of rotatable bonds is 6. The van der Waals surface area contributed by atoms with Gasteiger partial charge in [0.1, 0.15) is 11.6 Å². The van der Waals surface area contributed by atoms with Crippen LogP contribution in [0.15, 0.2) is 18.2 Å². The van der Waals surface area contributed by atoms with Crippen molar-refractivity contribution in [3.8, 4) is 5.75 Å². The Morgan fingerprint density at radius 3 is 2.88 bits per heavy atom. The summed E-state index contributed by atoms with van der Waals surface area (Å²) in [7, 11) is 1.49. The van der Waals surface area contributed by atoms with Crippen molar-refractivity contribution in [1.29, 1.82) is 0 Å². The van der Waals surface area contributed by atoms with Crippen LogP contribution in [0.1, 0.15) is 31.2 Å². The van der Waals surface area contributed by atoms with E-state index in [0.717, 1.165) is 19.3 Å². The Morgan fingerprint density at radius 2 is 2.24 bits per heavy atom. The van der Waals surface area contributed by atoms with Crippen LogP contribution in [-0.2, 0) is 16.1 Å². The number of carbonyl (C=O) groups is 2. The van der Waals surface area contributed by atoms with E-state index in [9.17, 15) is 14.0 Å². The number of nitrogens with zero attached hydrogens (tertiary/aromatic N) is 1. The maximum atomic E-state index is 14.2. The highest BCUT2D eigenvalue weighted by Crippen LogP contribution is 2.21. The maximum Gasteiger partial charge on any atom is 0.237 e. The molecule has 6 nitrogen and oxygen atoms in total.